The van der Waals surface area contributed by atoms with Crippen molar-refractivity contribution in [3.63, 3.8) is 0 Å². The second-order valence-corrected chi connectivity index (χ2v) is 12.8. The Bertz CT molecular complexity index is 1500. The van der Waals surface area contributed by atoms with Crippen molar-refractivity contribution < 1.29 is 27.9 Å². The first-order chi connectivity index (χ1) is 20.0. The van der Waals surface area contributed by atoms with Crippen LogP contribution >= 0.6 is 0 Å². The molecule has 1 aliphatic rings. The first-order valence-corrected chi connectivity index (χ1v) is 15.3. The summed E-state index contributed by atoms with van der Waals surface area (Å²) in [4.78, 5) is 27.8. The van der Waals surface area contributed by atoms with Crippen LogP contribution in [-0.4, -0.2) is 73.6 Å². The third-order valence-corrected chi connectivity index (χ3v) is 9.21. The molecule has 10 nitrogen and oxygen atoms in total. The van der Waals surface area contributed by atoms with Gasteiger partial charge < -0.3 is 25.4 Å². The summed E-state index contributed by atoms with van der Waals surface area (Å²) < 4.78 is 34.4. The summed E-state index contributed by atoms with van der Waals surface area (Å²) in [5, 5.41) is 15.4. The summed E-state index contributed by atoms with van der Waals surface area (Å²) in [5.41, 5.74) is 2.58. The van der Waals surface area contributed by atoms with Crippen LogP contribution < -0.4 is 15.4 Å². The molecule has 0 saturated heterocycles. The minimum atomic E-state index is -3.80. The summed E-state index contributed by atoms with van der Waals surface area (Å²) in [6.45, 7) is 5.63. The van der Waals surface area contributed by atoms with E-state index >= 15 is 0 Å². The number of fused-ring (bicyclic) bond motifs is 1. The van der Waals surface area contributed by atoms with E-state index in [9.17, 15) is 23.1 Å². The van der Waals surface area contributed by atoms with Crippen LogP contribution in [0.3, 0.4) is 0 Å². The first-order valence-electron chi connectivity index (χ1n) is 13.8. The summed E-state index contributed by atoms with van der Waals surface area (Å²) in [6.07, 6.45) is -0.639. The predicted molar refractivity (Wildman–Crippen MR) is 162 cm³/mol. The highest BCUT2D eigenvalue weighted by molar-refractivity contribution is 7.89. The molecule has 224 valence electrons. The van der Waals surface area contributed by atoms with Crippen molar-refractivity contribution in [2.75, 3.05) is 37.4 Å². The molecule has 3 amide bonds. The number of para-hydroxylation sites is 1. The molecule has 0 radical (unpaired) electrons. The van der Waals surface area contributed by atoms with Crippen LogP contribution in [0.15, 0.2) is 77.7 Å². The van der Waals surface area contributed by atoms with E-state index in [0.717, 1.165) is 5.56 Å². The molecule has 0 aliphatic carbocycles. The summed E-state index contributed by atoms with van der Waals surface area (Å²) in [6, 6.07) is 19.8. The van der Waals surface area contributed by atoms with Crippen LogP contribution in [0.1, 0.15) is 25.0 Å². The normalized spacial score (nSPS) is 18.2. The van der Waals surface area contributed by atoms with Crippen LogP contribution in [-0.2, 0) is 21.2 Å². The fraction of sp³-hybridized carbons (Fsp3) is 0.355. The molecule has 0 unspecified atom stereocenters. The zero-order valence-corrected chi connectivity index (χ0v) is 25.1. The van der Waals surface area contributed by atoms with E-state index in [1.165, 1.54) is 11.4 Å². The van der Waals surface area contributed by atoms with Gasteiger partial charge in [0.1, 0.15) is 11.9 Å². The molecule has 0 bridgehead atoms. The number of sulfonamides is 1. The molecule has 3 aromatic rings. The highest BCUT2D eigenvalue weighted by Crippen LogP contribution is 2.30. The lowest BCUT2D eigenvalue weighted by atomic mass is 10.0. The molecule has 3 N–H and O–H groups in total. The van der Waals surface area contributed by atoms with Gasteiger partial charge in [0.15, 0.2) is 0 Å². The molecule has 0 fully saturated rings. The number of aryl methyl sites for hydroxylation is 1. The van der Waals surface area contributed by atoms with E-state index < -0.39 is 28.2 Å². The number of aliphatic hydroxyl groups is 1. The molecular weight excluding hydrogens is 556 g/mol. The number of urea groups is 1. The van der Waals surface area contributed by atoms with E-state index in [4.69, 9.17) is 4.74 Å². The Labute approximate surface area is 247 Å². The van der Waals surface area contributed by atoms with Crippen molar-refractivity contribution in [3.8, 4) is 5.75 Å². The number of rotatable bonds is 8. The van der Waals surface area contributed by atoms with Crippen LogP contribution in [0, 0.1) is 12.8 Å². The van der Waals surface area contributed by atoms with Crippen LogP contribution in [0.25, 0.3) is 0 Å². The molecule has 0 spiro atoms. The highest BCUT2D eigenvalue weighted by Gasteiger charge is 2.33. The Morgan fingerprint density at radius 2 is 1.74 bits per heavy atom. The zero-order valence-electron chi connectivity index (χ0n) is 24.3. The van der Waals surface area contributed by atoms with Crippen molar-refractivity contribution >= 4 is 33.3 Å². The summed E-state index contributed by atoms with van der Waals surface area (Å²) in [5.74, 6) is -0.0618. The largest absolute Gasteiger partial charge is 0.488 e. The Balaban J connectivity index is 1.62. The Morgan fingerprint density at radius 3 is 2.40 bits per heavy atom. The van der Waals surface area contributed by atoms with Crippen molar-refractivity contribution in [1.29, 1.82) is 0 Å². The maximum Gasteiger partial charge on any atom is 0.323 e. The third kappa shape index (κ3) is 7.47. The van der Waals surface area contributed by atoms with Crippen LogP contribution in [0.2, 0.25) is 0 Å². The molecule has 4 rings (SSSR count). The topological polar surface area (TPSA) is 128 Å². The van der Waals surface area contributed by atoms with Gasteiger partial charge in [0.05, 0.1) is 30.5 Å². The number of anilines is 2. The van der Waals surface area contributed by atoms with Gasteiger partial charge in [-0.2, -0.15) is 4.31 Å². The highest BCUT2D eigenvalue weighted by atomic mass is 32.2. The number of likely N-dealkylation sites (N-methyl/N-ethyl adjacent to an activating group) is 1. The number of hydrogen-bond donors (Lipinski definition) is 3. The third-order valence-electron chi connectivity index (χ3n) is 7.37. The van der Waals surface area contributed by atoms with Gasteiger partial charge in [-0.05, 0) is 56.3 Å². The fourth-order valence-corrected chi connectivity index (χ4v) is 5.96. The minimum absolute atomic E-state index is 0.0214. The van der Waals surface area contributed by atoms with Crippen LogP contribution in [0.4, 0.5) is 16.2 Å². The Hall–Kier alpha value is -3.93. The van der Waals surface area contributed by atoms with Crippen molar-refractivity contribution in [2.45, 2.75) is 44.2 Å². The average molecular weight is 595 g/mol. The van der Waals surface area contributed by atoms with E-state index in [-0.39, 0.29) is 42.8 Å². The number of nitrogens with zero attached hydrogens (tertiary/aromatic N) is 2. The second-order valence-electron chi connectivity index (χ2n) is 10.8. The quantitative estimate of drug-likeness (QED) is 0.360. The molecule has 1 heterocycles. The van der Waals surface area contributed by atoms with E-state index in [1.54, 1.807) is 66.4 Å². The lowest BCUT2D eigenvalue weighted by Gasteiger charge is -2.33. The molecule has 0 aromatic heterocycles. The Morgan fingerprint density at radius 1 is 1.07 bits per heavy atom. The molecule has 0 saturated carbocycles. The van der Waals surface area contributed by atoms with Gasteiger partial charge in [0.25, 0.3) is 0 Å². The fourth-order valence-electron chi connectivity index (χ4n) is 4.78. The first kappa shape index (κ1) is 31.0. The van der Waals surface area contributed by atoms with E-state index in [1.807, 2.05) is 32.0 Å². The maximum absolute atomic E-state index is 13.5. The van der Waals surface area contributed by atoms with Gasteiger partial charge in [0, 0.05) is 36.4 Å². The number of benzene rings is 3. The molecule has 3 aromatic carbocycles. The monoisotopic (exact) mass is 594 g/mol. The van der Waals surface area contributed by atoms with Gasteiger partial charge in [-0.25, -0.2) is 13.2 Å². The number of hydrogen-bond acceptors (Lipinski definition) is 6. The van der Waals surface area contributed by atoms with Gasteiger partial charge in [-0.1, -0.05) is 42.8 Å². The van der Waals surface area contributed by atoms with Gasteiger partial charge in [0.2, 0.25) is 15.9 Å². The number of amides is 3. The Kier molecular flexibility index (Phi) is 9.87. The van der Waals surface area contributed by atoms with Gasteiger partial charge >= 0.3 is 6.03 Å². The van der Waals surface area contributed by atoms with Crippen molar-refractivity contribution in [3.05, 3.63) is 83.9 Å². The van der Waals surface area contributed by atoms with Crippen molar-refractivity contribution in [1.82, 2.24) is 9.21 Å². The number of carbonyl (C=O) groups is 2. The predicted octanol–water partition coefficient (Wildman–Crippen LogP) is 4.11. The maximum atomic E-state index is 13.5. The lowest BCUT2D eigenvalue weighted by Crippen LogP contribution is -2.48. The molecule has 3 atom stereocenters. The number of ether oxygens (including phenoxy) is 1. The molecular formula is C31H38N4O6S. The number of aliphatic hydroxyl groups excluding tert-OH is 1. The second kappa shape index (κ2) is 13.4. The lowest BCUT2D eigenvalue weighted by molar-refractivity contribution is -0.134. The molecule has 1 aliphatic heterocycles. The number of nitrogens with one attached hydrogen (secondary N) is 2. The zero-order chi connectivity index (χ0) is 30.4. The van der Waals surface area contributed by atoms with Gasteiger partial charge in [-0.3, -0.25) is 4.79 Å². The summed E-state index contributed by atoms with van der Waals surface area (Å²) >= 11 is 0. The average Bonchev–Trinajstić information content (AvgIpc) is 3.00. The van der Waals surface area contributed by atoms with E-state index in [0.29, 0.717) is 22.7 Å². The van der Waals surface area contributed by atoms with Crippen LogP contribution in [0.5, 0.6) is 5.75 Å². The SMILES string of the molecule is Cc1ccc(S(=O)(=O)N(C)C[C@@H]2Oc3ccc(NC(=O)Nc4ccccc4)cc3CC(=O)N([C@@H](C)CO)C[C@H]2C)cc1. The number of carbonyl (C=O) groups excluding carboxylic acids is 2. The molecule has 11 heteroatoms. The van der Waals surface area contributed by atoms with E-state index in [2.05, 4.69) is 10.6 Å². The molecule has 42 heavy (non-hydrogen) atoms. The standard InChI is InChI=1S/C31H38N4O6S/c1-21-10-13-27(14-11-21)42(39,40)34(4)19-29-22(2)18-35(23(3)20-36)30(37)17-24-16-26(12-15-28(24)41-29)33-31(38)32-25-8-6-5-7-9-25/h5-16,22-23,29,36H,17-20H2,1-4H3,(H2,32,33,38)/t22-,23+,29+/m1/s1. The minimum Gasteiger partial charge on any atom is -0.488 e. The smallest absolute Gasteiger partial charge is 0.323 e. The van der Waals surface area contributed by atoms with Crippen molar-refractivity contribution in [2.24, 2.45) is 5.92 Å². The van der Waals surface area contributed by atoms with Gasteiger partial charge in [-0.15, -0.1) is 0 Å². The summed E-state index contributed by atoms with van der Waals surface area (Å²) in [7, 11) is -2.29.